The van der Waals surface area contributed by atoms with E-state index in [1.54, 1.807) is 24.3 Å². The van der Waals surface area contributed by atoms with Gasteiger partial charge in [0, 0.05) is 6.42 Å². The summed E-state index contributed by atoms with van der Waals surface area (Å²) in [6.07, 6.45) is 4.36. The summed E-state index contributed by atoms with van der Waals surface area (Å²) < 4.78 is 0. The number of hydrogen-bond acceptors (Lipinski definition) is 9. The molecule has 0 bridgehead atoms. The van der Waals surface area contributed by atoms with Crippen molar-refractivity contribution in [2.45, 2.75) is 49.9 Å². The molecule has 41 heavy (non-hydrogen) atoms. The molecule has 0 fully saturated rings. The van der Waals surface area contributed by atoms with Crippen LogP contribution in [0.4, 0.5) is 0 Å². The molecule has 0 heterocycles. The van der Waals surface area contributed by atoms with E-state index in [2.05, 4.69) is 16.0 Å². The number of thioether (sulfide) groups is 2. The van der Waals surface area contributed by atoms with Gasteiger partial charge in [-0.15, -0.1) is 0 Å². The number of rotatable bonds is 17. The zero-order valence-corrected chi connectivity index (χ0v) is 24.7. The van der Waals surface area contributed by atoms with Gasteiger partial charge in [-0.2, -0.15) is 23.5 Å². The molecule has 13 heteroatoms. The smallest absolute Gasteiger partial charge is 0.326 e. The molecule has 0 aliphatic rings. The molecule has 224 valence electrons. The molecule has 0 spiro atoms. The second-order valence-corrected chi connectivity index (χ2v) is 11.4. The average Bonchev–Trinajstić information content (AvgIpc) is 2.94. The van der Waals surface area contributed by atoms with E-state index >= 15 is 0 Å². The fourth-order valence-corrected chi connectivity index (χ4v) is 4.82. The number of carboxylic acids is 1. The lowest BCUT2D eigenvalue weighted by molar-refractivity contribution is -0.142. The summed E-state index contributed by atoms with van der Waals surface area (Å²) in [6.45, 7) is 0. The van der Waals surface area contributed by atoms with Crippen molar-refractivity contribution in [3.8, 4) is 11.5 Å². The van der Waals surface area contributed by atoms with E-state index in [1.807, 2.05) is 12.5 Å². The molecule has 0 aliphatic carbocycles. The van der Waals surface area contributed by atoms with E-state index in [9.17, 15) is 34.5 Å². The normalized spacial score (nSPS) is 13.8. The summed E-state index contributed by atoms with van der Waals surface area (Å²) in [5.74, 6) is -1.86. The number of nitrogens with two attached hydrogens (primary N) is 1. The van der Waals surface area contributed by atoms with E-state index in [0.717, 1.165) is 5.56 Å². The van der Waals surface area contributed by atoms with E-state index < -0.39 is 47.9 Å². The van der Waals surface area contributed by atoms with Gasteiger partial charge in [-0.1, -0.05) is 24.3 Å². The van der Waals surface area contributed by atoms with Crippen LogP contribution >= 0.6 is 23.5 Å². The topological polar surface area (TPSA) is 191 Å². The minimum Gasteiger partial charge on any atom is -0.508 e. The molecule has 0 aliphatic heterocycles. The number of benzene rings is 2. The summed E-state index contributed by atoms with van der Waals surface area (Å²) in [5.41, 5.74) is 7.45. The molecule has 3 amide bonds. The SMILES string of the molecule is CSCCC(NC(=O)C(Cc1ccc(O)cc1)NC(=O)C(CCSC)NC(=O)C(N)Cc1ccc(O)cc1)C(=O)O. The number of hydrogen-bond donors (Lipinski definition) is 7. The molecule has 0 saturated carbocycles. The third kappa shape index (κ3) is 11.9. The van der Waals surface area contributed by atoms with Crippen LogP contribution in [0.3, 0.4) is 0 Å². The van der Waals surface area contributed by atoms with Crippen LogP contribution in [0.5, 0.6) is 11.5 Å². The van der Waals surface area contributed by atoms with E-state index in [1.165, 1.54) is 47.8 Å². The highest BCUT2D eigenvalue weighted by atomic mass is 32.2. The second kappa shape index (κ2) is 17.4. The van der Waals surface area contributed by atoms with Crippen LogP contribution in [-0.2, 0) is 32.0 Å². The van der Waals surface area contributed by atoms with Crippen LogP contribution in [0, 0.1) is 0 Å². The largest absolute Gasteiger partial charge is 0.508 e. The molecular weight excluding hydrogens is 568 g/mol. The van der Waals surface area contributed by atoms with Crippen molar-refractivity contribution in [3.05, 3.63) is 59.7 Å². The second-order valence-electron chi connectivity index (χ2n) is 9.43. The first-order chi connectivity index (χ1) is 19.5. The summed E-state index contributed by atoms with van der Waals surface area (Å²) in [7, 11) is 0. The number of phenols is 2. The van der Waals surface area contributed by atoms with Gasteiger partial charge in [0.2, 0.25) is 17.7 Å². The van der Waals surface area contributed by atoms with Crippen LogP contribution < -0.4 is 21.7 Å². The number of aromatic hydroxyl groups is 2. The lowest BCUT2D eigenvalue weighted by Gasteiger charge is -2.25. The Morgan fingerprint density at radius 2 is 1.10 bits per heavy atom. The molecule has 4 unspecified atom stereocenters. The number of nitrogens with one attached hydrogen (secondary N) is 3. The van der Waals surface area contributed by atoms with E-state index in [4.69, 9.17) is 5.73 Å². The Kier molecular flexibility index (Phi) is 14.3. The Morgan fingerprint density at radius 1 is 0.683 bits per heavy atom. The Hall–Kier alpha value is -3.42. The third-order valence-corrected chi connectivity index (χ3v) is 7.49. The summed E-state index contributed by atoms with van der Waals surface area (Å²) in [4.78, 5) is 51.3. The fourth-order valence-electron chi connectivity index (χ4n) is 3.88. The van der Waals surface area contributed by atoms with Crippen molar-refractivity contribution < 1.29 is 34.5 Å². The summed E-state index contributed by atoms with van der Waals surface area (Å²) in [6, 6.07) is 8.11. The number of carbonyl (C=O) groups is 4. The van der Waals surface area contributed by atoms with Gasteiger partial charge >= 0.3 is 5.97 Å². The Labute approximate surface area is 248 Å². The third-order valence-electron chi connectivity index (χ3n) is 6.21. The van der Waals surface area contributed by atoms with Crippen LogP contribution in [0.1, 0.15) is 24.0 Å². The van der Waals surface area contributed by atoms with Gasteiger partial charge in [-0.3, -0.25) is 14.4 Å². The minimum absolute atomic E-state index is 0.0241. The predicted octanol–water partition coefficient (Wildman–Crippen LogP) is 1.26. The van der Waals surface area contributed by atoms with Gasteiger partial charge in [0.05, 0.1) is 6.04 Å². The Bertz CT molecular complexity index is 1150. The van der Waals surface area contributed by atoms with Crippen molar-refractivity contribution in [3.63, 3.8) is 0 Å². The molecule has 2 aromatic rings. The molecule has 0 saturated heterocycles. The van der Waals surface area contributed by atoms with Crippen molar-refractivity contribution in [1.82, 2.24) is 16.0 Å². The van der Waals surface area contributed by atoms with Crippen LogP contribution in [0.25, 0.3) is 0 Å². The van der Waals surface area contributed by atoms with Crippen molar-refractivity contribution in [2.24, 2.45) is 5.73 Å². The molecule has 0 aromatic heterocycles. The highest BCUT2D eigenvalue weighted by Gasteiger charge is 2.30. The van der Waals surface area contributed by atoms with Gasteiger partial charge < -0.3 is 37.0 Å². The monoisotopic (exact) mass is 606 g/mol. The number of amides is 3. The van der Waals surface area contributed by atoms with Gasteiger partial charge in [-0.25, -0.2) is 4.79 Å². The predicted molar refractivity (Wildman–Crippen MR) is 161 cm³/mol. The van der Waals surface area contributed by atoms with Crippen molar-refractivity contribution in [2.75, 3.05) is 24.0 Å². The maximum Gasteiger partial charge on any atom is 0.326 e. The molecule has 8 N–H and O–H groups in total. The highest BCUT2D eigenvalue weighted by Crippen LogP contribution is 2.14. The quantitative estimate of drug-likeness (QED) is 0.138. The Morgan fingerprint density at radius 3 is 1.59 bits per heavy atom. The van der Waals surface area contributed by atoms with Crippen LogP contribution in [0.15, 0.2) is 48.5 Å². The first kappa shape index (κ1) is 33.8. The maximum absolute atomic E-state index is 13.4. The Balaban J connectivity index is 2.20. The fraction of sp³-hybridized carbons (Fsp3) is 0.429. The van der Waals surface area contributed by atoms with E-state index in [-0.39, 0.29) is 37.2 Å². The first-order valence-electron chi connectivity index (χ1n) is 13.0. The number of carboxylic acid groups (broad SMARTS) is 1. The molecular formula is C28H38N4O7S2. The van der Waals surface area contributed by atoms with Crippen molar-refractivity contribution in [1.29, 1.82) is 0 Å². The average molecular weight is 607 g/mol. The highest BCUT2D eigenvalue weighted by molar-refractivity contribution is 7.98. The summed E-state index contributed by atoms with van der Waals surface area (Å²) >= 11 is 2.92. The molecule has 11 nitrogen and oxygen atoms in total. The van der Waals surface area contributed by atoms with Gasteiger partial charge in [0.25, 0.3) is 0 Å². The lowest BCUT2D eigenvalue weighted by Crippen LogP contribution is -2.58. The van der Waals surface area contributed by atoms with E-state index in [0.29, 0.717) is 17.1 Å². The molecule has 4 atom stereocenters. The summed E-state index contributed by atoms with van der Waals surface area (Å²) in [5, 5.41) is 36.5. The van der Waals surface area contributed by atoms with Crippen LogP contribution in [-0.4, -0.2) is 87.2 Å². The standard InChI is InChI=1S/C28H38N4O7S2/c1-40-13-11-22(30-25(35)21(29)15-17-3-7-19(33)8-4-17)26(36)32-24(16-18-5-9-20(34)10-6-18)27(37)31-23(28(38)39)12-14-41-2/h3-10,21-24,33-34H,11-16,29H2,1-2H3,(H,30,35)(H,31,37)(H,32,36)(H,38,39). The van der Waals surface area contributed by atoms with Gasteiger partial charge in [0.1, 0.15) is 29.6 Å². The number of phenolic OH excluding ortho intramolecular Hbond substituents is 2. The van der Waals surface area contributed by atoms with Crippen LogP contribution in [0.2, 0.25) is 0 Å². The molecule has 2 rings (SSSR count). The molecule has 2 aromatic carbocycles. The van der Waals surface area contributed by atoms with Gasteiger partial charge in [-0.05, 0) is 78.7 Å². The molecule has 0 radical (unpaired) electrons. The number of carbonyl (C=O) groups excluding carboxylic acids is 3. The zero-order valence-electron chi connectivity index (χ0n) is 23.0. The maximum atomic E-state index is 13.4. The number of aliphatic carboxylic acids is 1. The first-order valence-corrected chi connectivity index (χ1v) is 15.8. The van der Waals surface area contributed by atoms with Gasteiger partial charge in [0.15, 0.2) is 0 Å². The van der Waals surface area contributed by atoms with Crippen molar-refractivity contribution >= 4 is 47.2 Å². The zero-order chi connectivity index (χ0) is 30.4. The lowest BCUT2D eigenvalue weighted by atomic mass is 10.0. The minimum atomic E-state index is -1.19.